The molecule has 100 valence electrons. The summed E-state index contributed by atoms with van der Waals surface area (Å²) in [5, 5.41) is 9.45. The fourth-order valence-electron chi connectivity index (χ4n) is 2.39. The summed E-state index contributed by atoms with van der Waals surface area (Å²) in [6, 6.07) is 9.31. The Balaban J connectivity index is 1.81. The maximum atomic E-state index is 11.6. The quantitative estimate of drug-likeness (QED) is 0.631. The molecule has 1 aromatic carbocycles. The first kappa shape index (κ1) is 12.6. The molecule has 0 aliphatic carbocycles. The molecular weight excluding hydrogens is 282 g/mol. The highest BCUT2D eigenvalue weighted by Gasteiger charge is 2.47. The summed E-state index contributed by atoms with van der Waals surface area (Å²) in [7, 11) is -2.98. The third kappa shape index (κ3) is 2.48. The minimum absolute atomic E-state index is 0.108. The number of hydrogen-bond donors (Lipinski definition) is 1. The summed E-state index contributed by atoms with van der Waals surface area (Å²) in [4.78, 5) is 0. The Kier molecular flexibility index (Phi) is 3.02. The van der Waals surface area contributed by atoms with Crippen molar-refractivity contribution in [3.63, 3.8) is 0 Å². The van der Waals surface area contributed by atoms with Gasteiger partial charge in [-0.1, -0.05) is 30.3 Å². The molecule has 0 spiro atoms. The smallest absolute Gasteiger partial charge is 0.190 e. The van der Waals surface area contributed by atoms with Crippen molar-refractivity contribution in [1.29, 1.82) is 0 Å². The minimum Gasteiger partial charge on any atom is -0.355 e. The third-order valence-corrected chi connectivity index (χ3v) is 5.31. The predicted molar refractivity (Wildman–Crippen MR) is 77.8 cm³/mol. The number of hydrogen-bond acceptors (Lipinski definition) is 4. The van der Waals surface area contributed by atoms with Crippen LogP contribution in [0.5, 0.6) is 0 Å². The van der Waals surface area contributed by atoms with Gasteiger partial charge in [-0.05, 0) is 17.8 Å². The van der Waals surface area contributed by atoms with Crippen LogP contribution < -0.4 is 5.32 Å². The largest absolute Gasteiger partial charge is 0.355 e. The molecule has 2 aliphatic rings. The molecule has 1 N–H and O–H groups in total. The van der Waals surface area contributed by atoms with E-state index in [1.54, 1.807) is 11.2 Å². The summed E-state index contributed by atoms with van der Waals surface area (Å²) < 4.78 is 23.2. The van der Waals surface area contributed by atoms with Gasteiger partial charge in [-0.2, -0.15) is 5.10 Å². The molecule has 0 aromatic heterocycles. The Morgan fingerprint density at radius 2 is 2.05 bits per heavy atom. The summed E-state index contributed by atoms with van der Waals surface area (Å²) in [5.41, 5.74) is 0.953. The molecule has 1 aromatic rings. The SMILES string of the molecule is O=S1(=O)C[C@@H]2NC(=S)N(N=Cc3ccccc3)[C@@H]2C1. The summed E-state index contributed by atoms with van der Waals surface area (Å²) in [6.45, 7) is 0. The van der Waals surface area contributed by atoms with Crippen LogP contribution in [0.4, 0.5) is 0 Å². The first-order valence-electron chi connectivity index (χ1n) is 5.94. The Labute approximate surface area is 117 Å². The van der Waals surface area contributed by atoms with Crippen molar-refractivity contribution in [2.45, 2.75) is 12.1 Å². The standard InChI is InChI=1S/C12H13N3O2S2/c16-19(17)7-10-11(8-19)15(12(18)14-10)13-6-9-4-2-1-3-5-9/h1-6,10-11H,7-8H2,(H,14,18)/t10-,11+/m0/s1. The van der Waals surface area contributed by atoms with Crippen molar-refractivity contribution in [3.05, 3.63) is 35.9 Å². The van der Waals surface area contributed by atoms with Gasteiger partial charge in [0.25, 0.3) is 0 Å². The maximum absolute atomic E-state index is 11.6. The van der Waals surface area contributed by atoms with Gasteiger partial charge in [-0.25, -0.2) is 13.4 Å². The lowest BCUT2D eigenvalue weighted by Crippen LogP contribution is -2.32. The molecule has 0 amide bonds. The average molecular weight is 295 g/mol. The highest BCUT2D eigenvalue weighted by molar-refractivity contribution is 7.91. The van der Waals surface area contributed by atoms with Crippen molar-refractivity contribution in [1.82, 2.24) is 10.3 Å². The number of fused-ring (bicyclic) bond motifs is 1. The number of hydrazone groups is 1. The number of nitrogens with one attached hydrogen (secondary N) is 1. The zero-order valence-corrected chi connectivity index (χ0v) is 11.7. The van der Waals surface area contributed by atoms with Gasteiger partial charge in [-0.3, -0.25) is 0 Å². The van der Waals surface area contributed by atoms with Crippen LogP contribution in [0, 0.1) is 0 Å². The van der Waals surface area contributed by atoms with E-state index in [-0.39, 0.29) is 23.6 Å². The fourth-order valence-corrected chi connectivity index (χ4v) is 4.61. The molecule has 2 saturated heterocycles. The maximum Gasteiger partial charge on any atom is 0.190 e. The van der Waals surface area contributed by atoms with Gasteiger partial charge >= 0.3 is 0 Å². The molecule has 0 unspecified atom stereocenters. The van der Waals surface area contributed by atoms with Crippen molar-refractivity contribution >= 4 is 33.4 Å². The van der Waals surface area contributed by atoms with Gasteiger partial charge in [-0.15, -0.1) is 0 Å². The molecule has 0 radical (unpaired) electrons. The van der Waals surface area contributed by atoms with Crippen molar-refractivity contribution in [3.8, 4) is 0 Å². The third-order valence-electron chi connectivity index (χ3n) is 3.28. The minimum atomic E-state index is -2.98. The van der Waals surface area contributed by atoms with Crippen LogP contribution in [0.25, 0.3) is 0 Å². The van der Waals surface area contributed by atoms with Gasteiger partial charge in [0.1, 0.15) is 0 Å². The number of nitrogens with zero attached hydrogens (tertiary/aromatic N) is 2. The number of benzene rings is 1. The highest BCUT2D eigenvalue weighted by Crippen LogP contribution is 2.24. The normalized spacial score (nSPS) is 28.6. The van der Waals surface area contributed by atoms with Crippen LogP contribution in [0.2, 0.25) is 0 Å². The van der Waals surface area contributed by atoms with E-state index in [0.717, 1.165) is 5.56 Å². The van der Waals surface area contributed by atoms with Gasteiger partial charge in [0, 0.05) is 0 Å². The second-order valence-electron chi connectivity index (χ2n) is 4.70. The lowest BCUT2D eigenvalue weighted by Gasteiger charge is -2.16. The Morgan fingerprint density at radius 3 is 2.79 bits per heavy atom. The van der Waals surface area contributed by atoms with E-state index in [0.29, 0.717) is 5.11 Å². The van der Waals surface area contributed by atoms with Crippen LogP contribution in [-0.2, 0) is 9.84 Å². The fraction of sp³-hybridized carbons (Fsp3) is 0.333. The van der Waals surface area contributed by atoms with Crippen LogP contribution >= 0.6 is 12.2 Å². The van der Waals surface area contributed by atoms with E-state index in [2.05, 4.69) is 10.4 Å². The van der Waals surface area contributed by atoms with Crippen LogP contribution in [0.15, 0.2) is 35.4 Å². The number of sulfone groups is 1. The van der Waals surface area contributed by atoms with Crippen LogP contribution in [0.3, 0.4) is 0 Å². The van der Waals surface area contributed by atoms with E-state index >= 15 is 0 Å². The number of rotatable bonds is 2. The number of thiocarbonyl (C=S) groups is 1. The molecule has 2 fully saturated rings. The molecule has 2 heterocycles. The molecule has 7 heteroatoms. The van der Waals surface area contributed by atoms with E-state index < -0.39 is 9.84 Å². The van der Waals surface area contributed by atoms with E-state index in [1.165, 1.54) is 0 Å². The van der Waals surface area contributed by atoms with Crippen molar-refractivity contribution in [2.24, 2.45) is 5.10 Å². The second kappa shape index (κ2) is 4.57. The molecular formula is C12H13N3O2S2. The van der Waals surface area contributed by atoms with E-state index in [9.17, 15) is 8.42 Å². The Bertz CT molecular complexity index is 628. The molecule has 0 bridgehead atoms. The van der Waals surface area contributed by atoms with Gasteiger partial charge in [0.05, 0.1) is 29.8 Å². The molecule has 2 aliphatic heterocycles. The molecule has 3 rings (SSSR count). The van der Waals surface area contributed by atoms with Gasteiger partial charge in [0.15, 0.2) is 14.9 Å². The lowest BCUT2D eigenvalue weighted by molar-refractivity contribution is 0.374. The van der Waals surface area contributed by atoms with Crippen molar-refractivity contribution in [2.75, 3.05) is 11.5 Å². The first-order valence-corrected chi connectivity index (χ1v) is 8.17. The molecule has 2 atom stereocenters. The predicted octanol–water partition coefficient (Wildman–Crippen LogP) is 0.376. The molecule has 0 saturated carbocycles. The van der Waals surface area contributed by atoms with Gasteiger partial charge in [0.2, 0.25) is 0 Å². The van der Waals surface area contributed by atoms with E-state index in [1.807, 2.05) is 30.3 Å². The molecule has 19 heavy (non-hydrogen) atoms. The van der Waals surface area contributed by atoms with Crippen molar-refractivity contribution < 1.29 is 8.42 Å². The molecule has 5 nitrogen and oxygen atoms in total. The van der Waals surface area contributed by atoms with Crippen LogP contribution in [0.1, 0.15) is 5.56 Å². The first-order chi connectivity index (χ1) is 9.05. The van der Waals surface area contributed by atoms with Gasteiger partial charge < -0.3 is 5.32 Å². The topological polar surface area (TPSA) is 61.8 Å². The highest BCUT2D eigenvalue weighted by atomic mass is 32.2. The lowest BCUT2D eigenvalue weighted by atomic mass is 10.2. The zero-order chi connectivity index (χ0) is 13.5. The Hall–Kier alpha value is -1.47. The monoisotopic (exact) mass is 295 g/mol. The van der Waals surface area contributed by atoms with Crippen LogP contribution in [-0.4, -0.2) is 48.3 Å². The van der Waals surface area contributed by atoms with E-state index in [4.69, 9.17) is 12.2 Å². The summed E-state index contributed by atoms with van der Waals surface area (Å²) in [5.74, 6) is 0.242. The second-order valence-corrected chi connectivity index (χ2v) is 7.24. The summed E-state index contributed by atoms with van der Waals surface area (Å²) >= 11 is 5.19. The average Bonchev–Trinajstić information content (AvgIpc) is 2.79. The Morgan fingerprint density at radius 1 is 1.32 bits per heavy atom. The zero-order valence-electron chi connectivity index (χ0n) is 10.1. The summed E-state index contributed by atoms with van der Waals surface area (Å²) in [6.07, 6.45) is 1.70.